The number of likely N-dealkylation sites (tertiary alicyclic amines) is 1. The lowest BCUT2D eigenvalue weighted by Gasteiger charge is -2.25. The molecule has 1 heterocycles. The predicted octanol–water partition coefficient (Wildman–Crippen LogP) is 4.20. The zero-order chi connectivity index (χ0) is 16.9. The van der Waals surface area contributed by atoms with Crippen molar-refractivity contribution >= 4 is 21.8 Å². The Kier molecular flexibility index (Phi) is 5.41. The van der Waals surface area contributed by atoms with Crippen molar-refractivity contribution in [1.29, 1.82) is 0 Å². The Bertz CT molecular complexity index is 685. The fraction of sp³-hybridized carbons (Fsp3) is 0.316. The predicted molar refractivity (Wildman–Crippen MR) is 96.3 cm³/mol. The summed E-state index contributed by atoms with van der Waals surface area (Å²) in [6.07, 6.45) is 2.00. The molecule has 4 nitrogen and oxygen atoms in total. The summed E-state index contributed by atoms with van der Waals surface area (Å²) in [5.41, 5.74) is 1.14. The fourth-order valence-corrected chi connectivity index (χ4v) is 3.26. The van der Waals surface area contributed by atoms with Gasteiger partial charge in [0.1, 0.15) is 11.5 Å². The van der Waals surface area contributed by atoms with Crippen LogP contribution in [0.5, 0.6) is 11.5 Å². The maximum atomic E-state index is 12.6. The molecular weight excluding hydrogens is 370 g/mol. The molecule has 1 amide bonds. The van der Waals surface area contributed by atoms with Crippen LogP contribution in [0, 0.1) is 0 Å². The third kappa shape index (κ3) is 3.90. The Morgan fingerprint density at radius 2 is 1.79 bits per heavy atom. The Balaban J connectivity index is 1.63. The molecule has 0 bridgehead atoms. The molecule has 0 aliphatic carbocycles. The third-order valence-corrected chi connectivity index (χ3v) is 4.78. The van der Waals surface area contributed by atoms with Gasteiger partial charge < -0.3 is 14.4 Å². The van der Waals surface area contributed by atoms with E-state index in [0.717, 1.165) is 35.2 Å². The Morgan fingerprint density at radius 1 is 1.12 bits per heavy atom. The minimum absolute atomic E-state index is 0.0243. The summed E-state index contributed by atoms with van der Waals surface area (Å²) >= 11 is 3.38. The monoisotopic (exact) mass is 389 g/mol. The van der Waals surface area contributed by atoms with Crippen molar-refractivity contribution in [3.63, 3.8) is 0 Å². The molecule has 1 fully saturated rings. The first-order chi connectivity index (χ1) is 11.7. The Hall–Kier alpha value is -2.01. The number of methoxy groups -OCH3 is 1. The Morgan fingerprint density at radius 3 is 2.46 bits per heavy atom. The molecule has 24 heavy (non-hydrogen) atoms. The van der Waals surface area contributed by atoms with E-state index in [1.807, 2.05) is 53.4 Å². The Labute approximate surface area is 150 Å². The summed E-state index contributed by atoms with van der Waals surface area (Å²) in [5.74, 6) is 1.55. The maximum absolute atomic E-state index is 12.6. The first-order valence-corrected chi connectivity index (χ1v) is 8.78. The highest BCUT2D eigenvalue weighted by atomic mass is 79.9. The number of nitrogens with zero attached hydrogens (tertiary/aromatic N) is 1. The summed E-state index contributed by atoms with van der Waals surface area (Å²) in [4.78, 5) is 14.5. The first kappa shape index (κ1) is 16.8. The summed E-state index contributed by atoms with van der Waals surface area (Å²) in [5, 5.41) is 0. The van der Waals surface area contributed by atoms with Crippen LogP contribution in [0.15, 0.2) is 53.0 Å². The van der Waals surface area contributed by atoms with Crippen molar-refractivity contribution in [2.45, 2.75) is 18.9 Å². The van der Waals surface area contributed by atoms with E-state index in [1.54, 1.807) is 7.11 Å². The van der Waals surface area contributed by atoms with E-state index in [-0.39, 0.29) is 18.6 Å². The van der Waals surface area contributed by atoms with Crippen LogP contribution in [-0.2, 0) is 4.79 Å². The quantitative estimate of drug-likeness (QED) is 0.768. The highest BCUT2D eigenvalue weighted by molar-refractivity contribution is 9.10. The van der Waals surface area contributed by atoms with E-state index < -0.39 is 0 Å². The van der Waals surface area contributed by atoms with E-state index in [2.05, 4.69) is 15.9 Å². The van der Waals surface area contributed by atoms with Gasteiger partial charge in [0.2, 0.25) is 0 Å². The number of hydrogen-bond donors (Lipinski definition) is 0. The highest BCUT2D eigenvalue weighted by Crippen LogP contribution is 2.32. The van der Waals surface area contributed by atoms with Crippen molar-refractivity contribution in [3.8, 4) is 11.5 Å². The van der Waals surface area contributed by atoms with E-state index in [9.17, 15) is 4.79 Å². The van der Waals surface area contributed by atoms with E-state index in [1.165, 1.54) is 0 Å². The van der Waals surface area contributed by atoms with Crippen LogP contribution in [-0.4, -0.2) is 31.1 Å². The van der Waals surface area contributed by atoms with Gasteiger partial charge in [-0.25, -0.2) is 0 Å². The molecule has 0 spiro atoms. The summed E-state index contributed by atoms with van der Waals surface area (Å²) in [7, 11) is 1.65. The molecule has 1 aliphatic rings. The van der Waals surface area contributed by atoms with Crippen molar-refractivity contribution < 1.29 is 14.3 Å². The van der Waals surface area contributed by atoms with Crippen molar-refractivity contribution in [3.05, 3.63) is 58.6 Å². The molecule has 126 valence electrons. The molecule has 0 unspecified atom stereocenters. The number of hydrogen-bond acceptors (Lipinski definition) is 3. The highest BCUT2D eigenvalue weighted by Gasteiger charge is 2.30. The second-order valence-electron chi connectivity index (χ2n) is 5.76. The number of carbonyl (C=O) groups is 1. The molecule has 1 saturated heterocycles. The van der Waals surface area contributed by atoms with Crippen molar-refractivity contribution in [2.24, 2.45) is 0 Å². The second kappa shape index (κ2) is 7.71. The summed E-state index contributed by atoms with van der Waals surface area (Å²) in [6.45, 7) is 0.841. The molecule has 0 aromatic heterocycles. The lowest BCUT2D eigenvalue weighted by atomic mass is 10.0. The topological polar surface area (TPSA) is 38.8 Å². The van der Waals surface area contributed by atoms with E-state index >= 15 is 0 Å². The fourth-order valence-electron chi connectivity index (χ4n) is 3.00. The van der Waals surface area contributed by atoms with Gasteiger partial charge in [0.05, 0.1) is 13.2 Å². The van der Waals surface area contributed by atoms with Crippen LogP contribution in [0.25, 0.3) is 0 Å². The number of halogens is 1. The molecule has 3 rings (SSSR count). The van der Waals surface area contributed by atoms with Gasteiger partial charge in [-0.2, -0.15) is 0 Å². The molecule has 0 N–H and O–H groups in total. The van der Waals surface area contributed by atoms with Crippen molar-refractivity contribution in [1.82, 2.24) is 4.90 Å². The van der Waals surface area contributed by atoms with Gasteiger partial charge in [-0.05, 0) is 54.8 Å². The zero-order valence-electron chi connectivity index (χ0n) is 13.6. The number of rotatable bonds is 5. The van der Waals surface area contributed by atoms with Gasteiger partial charge in [-0.1, -0.05) is 28.1 Å². The van der Waals surface area contributed by atoms with Gasteiger partial charge in [0.15, 0.2) is 6.61 Å². The van der Waals surface area contributed by atoms with Crippen LogP contribution >= 0.6 is 15.9 Å². The molecule has 1 atom stereocenters. The summed E-state index contributed by atoms with van der Waals surface area (Å²) < 4.78 is 11.8. The van der Waals surface area contributed by atoms with Crippen LogP contribution < -0.4 is 9.47 Å². The van der Waals surface area contributed by atoms with Crippen LogP contribution in [0.2, 0.25) is 0 Å². The standard InChI is InChI=1S/C19H20BrNO3/c1-23-16-8-4-14(5-9-16)18-3-2-12-21(18)19(22)13-24-17-10-6-15(20)7-11-17/h4-11,18H,2-3,12-13H2,1H3/t18-/m1/s1. The van der Waals surface area contributed by atoms with Crippen LogP contribution in [0.4, 0.5) is 0 Å². The number of carbonyl (C=O) groups excluding carboxylic acids is 1. The van der Waals surface area contributed by atoms with Gasteiger partial charge in [-0.3, -0.25) is 4.79 Å². The van der Waals surface area contributed by atoms with Gasteiger partial charge in [-0.15, -0.1) is 0 Å². The average Bonchev–Trinajstić information content (AvgIpc) is 3.11. The van der Waals surface area contributed by atoms with Gasteiger partial charge in [0.25, 0.3) is 5.91 Å². The minimum atomic E-state index is 0.0243. The first-order valence-electron chi connectivity index (χ1n) is 7.99. The van der Waals surface area contributed by atoms with E-state index in [4.69, 9.17) is 9.47 Å². The van der Waals surface area contributed by atoms with Crippen LogP contribution in [0.3, 0.4) is 0 Å². The largest absolute Gasteiger partial charge is 0.497 e. The summed E-state index contributed by atoms with van der Waals surface area (Å²) in [6, 6.07) is 15.6. The number of amides is 1. The van der Waals surface area contributed by atoms with Gasteiger partial charge in [0, 0.05) is 11.0 Å². The molecular formula is C19H20BrNO3. The lowest BCUT2D eigenvalue weighted by Crippen LogP contribution is -2.34. The average molecular weight is 390 g/mol. The molecule has 0 saturated carbocycles. The number of ether oxygens (including phenoxy) is 2. The molecule has 0 radical (unpaired) electrons. The molecule has 5 heteroatoms. The van der Waals surface area contributed by atoms with E-state index in [0.29, 0.717) is 5.75 Å². The smallest absolute Gasteiger partial charge is 0.261 e. The van der Waals surface area contributed by atoms with Gasteiger partial charge >= 0.3 is 0 Å². The van der Waals surface area contributed by atoms with Crippen LogP contribution in [0.1, 0.15) is 24.4 Å². The maximum Gasteiger partial charge on any atom is 0.261 e. The normalized spacial score (nSPS) is 16.9. The molecule has 2 aromatic rings. The second-order valence-corrected chi connectivity index (χ2v) is 6.68. The van der Waals surface area contributed by atoms with Crippen molar-refractivity contribution in [2.75, 3.05) is 20.3 Å². The molecule has 2 aromatic carbocycles. The zero-order valence-corrected chi connectivity index (χ0v) is 15.2. The SMILES string of the molecule is COc1ccc([C@H]2CCCN2C(=O)COc2ccc(Br)cc2)cc1. The number of benzene rings is 2. The third-order valence-electron chi connectivity index (χ3n) is 4.25. The minimum Gasteiger partial charge on any atom is -0.497 e. The lowest BCUT2D eigenvalue weighted by molar-refractivity contribution is -0.134. The molecule has 1 aliphatic heterocycles.